The Balaban J connectivity index is 1.96. The molecule has 1 N–H and O–H groups in total. The summed E-state index contributed by atoms with van der Waals surface area (Å²) in [6.45, 7) is 2.09. The zero-order valence-corrected chi connectivity index (χ0v) is 11.6. The van der Waals surface area contributed by atoms with Gasteiger partial charge in [0.05, 0.1) is 0 Å². The van der Waals surface area contributed by atoms with E-state index in [0.29, 0.717) is 12.3 Å². The van der Waals surface area contributed by atoms with E-state index in [1.807, 2.05) is 24.3 Å². The molecule has 1 aliphatic heterocycles. The van der Waals surface area contributed by atoms with Crippen molar-refractivity contribution >= 4 is 17.6 Å². The average molecular weight is 273 g/mol. The summed E-state index contributed by atoms with van der Waals surface area (Å²) in [7, 11) is 0. The van der Waals surface area contributed by atoms with Crippen LogP contribution >= 0.6 is 0 Å². The first kappa shape index (κ1) is 13.2. The first-order chi connectivity index (χ1) is 9.59. The highest BCUT2D eigenvalue weighted by Crippen LogP contribution is 2.38. The lowest BCUT2D eigenvalue weighted by molar-refractivity contribution is -0.140. The molecule has 2 unspecified atom stereocenters. The molecule has 0 spiro atoms. The fourth-order valence-corrected chi connectivity index (χ4v) is 3.55. The molecule has 0 saturated heterocycles. The molecule has 4 heteroatoms. The molecule has 0 radical (unpaired) electrons. The molecular weight excluding hydrogens is 254 g/mol. The summed E-state index contributed by atoms with van der Waals surface area (Å²) in [6, 6.07) is 6.78. The van der Waals surface area contributed by atoms with Crippen molar-refractivity contribution in [2.45, 2.75) is 38.6 Å². The van der Waals surface area contributed by atoms with Gasteiger partial charge in [0.1, 0.15) is 6.04 Å². The van der Waals surface area contributed by atoms with Gasteiger partial charge in [-0.1, -0.05) is 31.5 Å². The van der Waals surface area contributed by atoms with Crippen molar-refractivity contribution in [1.29, 1.82) is 0 Å². The van der Waals surface area contributed by atoms with Crippen molar-refractivity contribution in [2.24, 2.45) is 11.8 Å². The highest BCUT2D eigenvalue weighted by molar-refractivity contribution is 6.03. The van der Waals surface area contributed by atoms with E-state index in [-0.39, 0.29) is 11.8 Å². The molecule has 20 heavy (non-hydrogen) atoms. The summed E-state index contributed by atoms with van der Waals surface area (Å²) in [6.07, 6.45) is 3.41. The van der Waals surface area contributed by atoms with Crippen molar-refractivity contribution < 1.29 is 14.7 Å². The molecule has 3 rings (SSSR count). The molecule has 1 saturated carbocycles. The van der Waals surface area contributed by atoms with Gasteiger partial charge >= 0.3 is 5.97 Å². The number of hydrogen-bond donors (Lipinski definition) is 1. The van der Waals surface area contributed by atoms with E-state index in [0.717, 1.165) is 30.5 Å². The zero-order chi connectivity index (χ0) is 14.3. The molecule has 1 amide bonds. The number of carbonyl (C=O) groups excluding carboxylic acids is 1. The summed E-state index contributed by atoms with van der Waals surface area (Å²) < 4.78 is 0. The summed E-state index contributed by atoms with van der Waals surface area (Å²) in [4.78, 5) is 25.8. The smallest absolute Gasteiger partial charge is 0.327 e. The Morgan fingerprint density at radius 3 is 2.65 bits per heavy atom. The SMILES string of the molecule is CC1CCCC1C(=O)N1c2ccccc2C[C@H]1C(=O)O. The third-order valence-corrected chi connectivity index (χ3v) is 4.68. The minimum Gasteiger partial charge on any atom is -0.480 e. The minimum atomic E-state index is -0.916. The first-order valence-corrected chi connectivity index (χ1v) is 7.23. The van der Waals surface area contributed by atoms with Crippen LogP contribution in [0.1, 0.15) is 31.7 Å². The summed E-state index contributed by atoms with van der Waals surface area (Å²) >= 11 is 0. The van der Waals surface area contributed by atoms with Gasteiger partial charge in [0.15, 0.2) is 0 Å². The van der Waals surface area contributed by atoms with Crippen LogP contribution in [0.5, 0.6) is 0 Å². The van der Waals surface area contributed by atoms with Gasteiger partial charge in [-0.05, 0) is 30.4 Å². The predicted octanol–water partition coefficient (Wildman–Crippen LogP) is 2.47. The third-order valence-electron chi connectivity index (χ3n) is 4.68. The van der Waals surface area contributed by atoms with Gasteiger partial charge in [0, 0.05) is 18.0 Å². The maximum atomic E-state index is 12.8. The van der Waals surface area contributed by atoms with Gasteiger partial charge in [0.25, 0.3) is 0 Å². The van der Waals surface area contributed by atoms with E-state index < -0.39 is 12.0 Å². The van der Waals surface area contributed by atoms with Gasteiger partial charge in [0.2, 0.25) is 5.91 Å². The van der Waals surface area contributed by atoms with E-state index in [9.17, 15) is 14.7 Å². The second kappa shape index (κ2) is 4.93. The standard InChI is InChI=1S/C16H19NO3/c1-10-5-4-7-12(10)15(18)17-13-8-3-2-6-11(13)9-14(17)16(19)20/h2-3,6,8,10,12,14H,4-5,7,9H2,1H3,(H,19,20)/t10?,12?,14-/m0/s1. The Kier molecular flexibility index (Phi) is 3.24. The Labute approximate surface area is 118 Å². The van der Waals surface area contributed by atoms with Gasteiger partial charge in [-0.15, -0.1) is 0 Å². The number of aliphatic carboxylic acids is 1. The molecule has 0 bridgehead atoms. The van der Waals surface area contributed by atoms with Gasteiger partial charge in [-0.3, -0.25) is 9.69 Å². The first-order valence-electron chi connectivity index (χ1n) is 7.23. The second-order valence-electron chi connectivity index (χ2n) is 5.91. The molecule has 0 aromatic heterocycles. The molecule has 3 atom stereocenters. The molecule has 1 aromatic rings. The molecule has 1 fully saturated rings. The maximum absolute atomic E-state index is 12.8. The lowest BCUT2D eigenvalue weighted by Crippen LogP contribution is -2.46. The number of carbonyl (C=O) groups is 2. The lowest BCUT2D eigenvalue weighted by Gasteiger charge is -2.27. The number of hydrogen-bond acceptors (Lipinski definition) is 2. The van der Waals surface area contributed by atoms with E-state index in [1.54, 1.807) is 0 Å². The van der Waals surface area contributed by atoms with Crippen LogP contribution in [0.2, 0.25) is 0 Å². The predicted molar refractivity (Wildman–Crippen MR) is 75.6 cm³/mol. The topological polar surface area (TPSA) is 57.6 Å². The number of anilines is 1. The van der Waals surface area contributed by atoms with Gasteiger partial charge in [-0.25, -0.2) is 4.79 Å². The number of carboxylic acid groups (broad SMARTS) is 1. The number of benzene rings is 1. The number of para-hydroxylation sites is 1. The van der Waals surface area contributed by atoms with Crippen LogP contribution in [0, 0.1) is 11.8 Å². The van der Waals surface area contributed by atoms with E-state index in [2.05, 4.69) is 6.92 Å². The largest absolute Gasteiger partial charge is 0.480 e. The number of fused-ring (bicyclic) bond motifs is 1. The van der Waals surface area contributed by atoms with Crippen LogP contribution in [0.3, 0.4) is 0 Å². The summed E-state index contributed by atoms with van der Waals surface area (Å²) in [5.74, 6) is -0.597. The van der Waals surface area contributed by atoms with Crippen LogP contribution < -0.4 is 4.90 Å². The van der Waals surface area contributed by atoms with E-state index >= 15 is 0 Å². The van der Waals surface area contributed by atoms with E-state index in [1.165, 1.54) is 4.90 Å². The van der Waals surface area contributed by atoms with Gasteiger partial charge in [-0.2, -0.15) is 0 Å². The van der Waals surface area contributed by atoms with Crippen molar-refractivity contribution in [1.82, 2.24) is 0 Å². The molecule has 4 nitrogen and oxygen atoms in total. The Hall–Kier alpha value is -1.84. The molecule has 2 aliphatic rings. The fraction of sp³-hybridized carbons (Fsp3) is 0.500. The quantitative estimate of drug-likeness (QED) is 0.900. The molecule has 106 valence electrons. The average Bonchev–Trinajstić information content (AvgIpc) is 3.01. The number of carboxylic acids is 1. The van der Waals surface area contributed by atoms with Crippen LogP contribution in [0.4, 0.5) is 5.69 Å². The second-order valence-corrected chi connectivity index (χ2v) is 5.91. The van der Waals surface area contributed by atoms with Crippen LogP contribution in [0.15, 0.2) is 24.3 Å². The highest BCUT2D eigenvalue weighted by Gasteiger charge is 2.42. The molecule has 1 aliphatic carbocycles. The number of nitrogens with zero attached hydrogens (tertiary/aromatic N) is 1. The van der Waals surface area contributed by atoms with Gasteiger partial charge < -0.3 is 5.11 Å². The lowest BCUT2D eigenvalue weighted by atomic mass is 9.96. The molecular formula is C16H19NO3. The van der Waals surface area contributed by atoms with Crippen LogP contribution in [-0.2, 0) is 16.0 Å². The zero-order valence-electron chi connectivity index (χ0n) is 11.6. The van der Waals surface area contributed by atoms with Crippen molar-refractivity contribution in [2.75, 3.05) is 4.90 Å². The van der Waals surface area contributed by atoms with Crippen molar-refractivity contribution in [3.8, 4) is 0 Å². The van der Waals surface area contributed by atoms with Crippen LogP contribution in [0.25, 0.3) is 0 Å². The van der Waals surface area contributed by atoms with E-state index in [4.69, 9.17) is 0 Å². The highest BCUT2D eigenvalue weighted by atomic mass is 16.4. The number of rotatable bonds is 2. The molecule has 1 heterocycles. The summed E-state index contributed by atoms with van der Waals surface area (Å²) in [5.41, 5.74) is 1.74. The summed E-state index contributed by atoms with van der Waals surface area (Å²) in [5, 5.41) is 9.42. The van der Waals surface area contributed by atoms with Crippen LogP contribution in [-0.4, -0.2) is 23.0 Å². The molecule has 1 aromatic carbocycles. The normalized spacial score (nSPS) is 28.4. The monoisotopic (exact) mass is 273 g/mol. The van der Waals surface area contributed by atoms with Crippen molar-refractivity contribution in [3.05, 3.63) is 29.8 Å². The number of amides is 1. The van der Waals surface area contributed by atoms with Crippen molar-refractivity contribution in [3.63, 3.8) is 0 Å². The maximum Gasteiger partial charge on any atom is 0.327 e. The Bertz CT molecular complexity index is 554. The fourth-order valence-electron chi connectivity index (χ4n) is 3.55. The Morgan fingerprint density at radius 2 is 2.00 bits per heavy atom. The third kappa shape index (κ3) is 1.99. The minimum absolute atomic E-state index is 0.00708. The Morgan fingerprint density at radius 1 is 1.25 bits per heavy atom.